The summed E-state index contributed by atoms with van der Waals surface area (Å²) in [6.45, 7) is 1.09. The molecule has 1 spiro atoms. The van der Waals surface area contributed by atoms with Crippen LogP contribution < -0.4 is 11.1 Å². The van der Waals surface area contributed by atoms with Gasteiger partial charge in [-0.15, -0.1) is 5.10 Å². The first-order chi connectivity index (χ1) is 16.3. The molecular weight excluding hydrogens is 445 g/mol. The molecule has 8 nitrogen and oxygen atoms in total. The predicted octanol–water partition coefficient (Wildman–Crippen LogP) is 4.57. The molecular formula is C23H25F3N8. The summed E-state index contributed by atoms with van der Waals surface area (Å²) in [5, 5.41) is 7.80. The van der Waals surface area contributed by atoms with Gasteiger partial charge >= 0.3 is 0 Å². The number of pyridine rings is 1. The minimum Gasteiger partial charge on any atom is -0.382 e. The van der Waals surface area contributed by atoms with E-state index >= 15 is 4.39 Å². The average Bonchev–Trinajstić information content (AvgIpc) is 3.36. The number of anilines is 2. The molecule has 0 amide bonds. The number of aryl methyl sites for hydroxylation is 1. The summed E-state index contributed by atoms with van der Waals surface area (Å²) in [7, 11) is 0. The molecule has 2 saturated carbocycles. The van der Waals surface area contributed by atoms with Crippen LogP contribution in [0.1, 0.15) is 44.3 Å². The largest absolute Gasteiger partial charge is 0.382 e. The Hall–Kier alpha value is -3.37. The van der Waals surface area contributed by atoms with Gasteiger partial charge in [-0.3, -0.25) is 0 Å². The van der Waals surface area contributed by atoms with Crippen LogP contribution in [0.15, 0.2) is 18.3 Å². The number of imidazole rings is 1. The van der Waals surface area contributed by atoms with Gasteiger partial charge in [0.25, 0.3) is 6.43 Å². The van der Waals surface area contributed by atoms with Crippen LogP contribution in [-0.4, -0.2) is 41.6 Å². The van der Waals surface area contributed by atoms with Gasteiger partial charge in [-0.1, -0.05) is 0 Å². The maximum Gasteiger partial charge on any atom is 0.256 e. The molecule has 0 saturated heterocycles. The number of nitrogens with zero attached hydrogens (tertiary/aromatic N) is 6. The first kappa shape index (κ1) is 21.2. The molecule has 0 aliphatic heterocycles. The fourth-order valence-corrected chi connectivity index (χ4v) is 5.23. The zero-order valence-electron chi connectivity index (χ0n) is 18.7. The summed E-state index contributed by atoms with van der Waals surface area (Å²) >= 11 is 0. The molecule has 0 unspecified atom stereocenters. The number of aromatic nitrogens is 6. The van der Waals surface area contributed by atoms with Gasteiger partial charge < -0.3 is 15.6 Å². The van der Waals surface area contributed by atoms with E-state index in [0.717, 1.165) is 12.8 Å². The third kappa shape index (κ3) is 3.54. The van der Waals surface area contributed by atoms with Crippen molar-refractivity contribution in [1.82, 2.24) is 29.1 Å². The Bertz CT molecular complexity index is 1390. The second-order valence-electron chi connectivity index (χ2n) is 9.58. The third-order valence-corrected chi connectivity index (χ3v) is 7.31. The van der Waals surface area contributed by atoms with E-state index < -0.39 is 18.8 Å². The van der Waals surface area contributed by atoms with Gasteiger partial charge in [0, 0.05) is 6.04 Å². The van der Waals surface area contributed by atoms with Gasteiger partial charge in [0.1, 0.15) is 16.9 Å². The van der Waals surface area contributed by atoms with E-state index in [-0.39, 0.29) is 34.3 Å². The monoisotopic (exact) mass is 470 g/mol. The summed E-state index contributed by atoms with van der Waals surface area (Å²) in [5.74, 6) is 0.313. The molecule has 2 fully saturated rings. The van der Waals surface area contributed by atoms with Crippen molar-refractivity contribution in [3.8, 4) is 11.3 Å². The Balaban J connectivity index is 1.36. The highest BCUT2D eigenvalue weighted by atomic mass is 19.3. The van der Waals surface area contributed by atoms with E-state index in [1.807, 2.05) is 0 Å². The minimum absolute atomic E-state index is 0.116. The van der Waals surface area contributed by atoms with E-state index in [0.29, 0.717) is 22.7 Å². The molecule has 0 radical (unpaired) electrons. The van der Waals surface area contributed by atoms with E-state index in [9.17, 15) is 8.78 Å². The lowest BCUT2D eigenvalue weighted by molar-refractivity contribution is 0.127. The SMILES string of the molecule is Cc1nc2ccc(-c3c(F)cn4nc(NC5CCC6(CC5)CC6)nc(N)c34)nc2n1CC(F)F. The summed E-state index contributed by atoms with van der Waals surface area (Å²) in [5.41, 5.74) is 8.22. The first-order valence-electron chi connectivity index (χ1n) is 11.6. The molecule has 178 valence electrons. The van der Waals surface area contributed by atoms with E-state index in [2.05, 4.69) is 25.4 Å². The zero-order valence-corrected chi connectivity index (χ0v) is 18.7. The smallest absolute Gasteiger partial charge is 0.256 e. The van der Waals surface area contributed by atoms with Crippen LogP contribution in [0.2, 0.25) is 0 Å². The molecule has 4 aromatic heterocycles. The van der Waals surface area contributed by atoms with Crippen LogP contribution in [0.3, 0.4) is 0 Å². The van der Waals surface area contributed by atoms with Gasteiger partial charge in [0.05, 0.1) is 24.0 Å². The Morgan fingerprint density at radius 3 is 2.62 bits per heavy atom. The van der Waals surface area contributed by atoms with Crippen LogP contribution in [0, 0.1) is 18.2 Å². The first-order valence-corrected chi connectivity index (χ1v) is 11.6. The Kier molecular flexibility index (Phi) is 4.72. The van der Waals surface area contributed by atoms with Gasteiger partial charge in [0.2, 0.25) is 5.95 Å². The van der Waals surface area contributed by atoms with Gasteiger partial charge in [0.15, 0.2) is 17.3 Å². The third-order valence-electron chi connectivity index (χ3n) is 7.31. The molecule has 4 aromatic rings. The average molecular weight is 471 g/mol. The number of halogens is 3. The van der Waals surface area contributed by atoms with E-state index in [1.165, 1.54) is 41.0 Å². The number of hydrogen-bond donors (Lipinski definition) is 2. The maximum atomic E-state index is 15.1. The molecule has 34 heavy (non-hydrogen) atoms. The number of nitrogens with two attached hydrogens (primary N) is 1. The molecule has 0 bridgehead atoms. The maximum absolute atomic E-state index is 15.1. The van der Waals surface area contributed by atoms with Crippen molar-refractivity contribution in [2.24, 2.45) is 5.41 Å². The standard InChI is InChI=1S/C23H25F3N8/c1-12-28-16-3-2-15(30-21(16)33(12)11-17(25)26)18-14(24)10-34-19(18)20(27)31-22(32-34)29-13-4-6-23(7-5-13)8-9-23/h2-3,10,13,17H,4-9,11H2,1H3,(H3,27,29,31,32). The lowest BCUT2D eigenvalue weighted by atomic mass is 9.83. The molecule has 6 rings (SSSR count). The Morgan fingerprint density at radius 1 is 1.15 bits per heavy atom. The summed E-state index contributed by atoms with van der Waals surface area (Å²) in [6.07, 6.45) is 5.88. The Morgan fingerprint density at radius 2 is 1.91 bits per heavy atom. The highest BCUT2D eigenvalue weighted by molar-refractivity contribution is 5.89. The number of alkyl halides is 2. The van der Waals surface area contributed by atoms with Crippen LogP contribution >= 0.6 is 0 Å². The molecule has 2 aliphatic carbocycles. The second-order valence-corrected chi connectivity index (χ2v) is 9.58. The number of nitrogens with one attached hydrogen (secondary N) is 1. The van der Waals surface area contributed by atoms with Crippen molar-refractivity contribution in [3.05, 3.63) is 30.0 Å². The van der Waals surface area contributed by atoms with Crippen molar-refractivity contribution in [2.75, 3.05) is 11.1 Å². The van der Waals surface area contributed by atoms with Gasteiger partial charge in [-0.05, 0) is 63.0 Å². The van der Waals surface area contributed by atoms with Crippen molar-refractivity contribution in [1.29, 1.82) is 0 Å². The van der Waals surface area contributed by atoms with Crippen LogP contribution in [0.4, 0.5) is 24.9 Å². The van der Waals surface area contributed by atoms with Gasteiger partial charge in [-0.2, -0.15) is 4.98 Å². The molecule has 4 heterocycles. The van der Waals surface area contributed by atoms with Crippen molar-refractivity contribution in [2.45, 2.75) is 64.5 Å². The van der Waals surface area contributed by atoms with E-state index in [1.54, 1.807) is 19.1 Å². The van der Waals surface area contributed by atoms with Gasteiger partial charge in [-0.25, -0.2) is 27.7 Å². The highest BCUT2D eigenvalue weighted by Gasteiger charge is 2.44. The quantitative estimate of drug-likeness (QED) is 0.443. The number of hydrogen-bond acceptors (Lipinski definition) is 6. The molecule has 11 heteroatoms. The van der Waals surface area contributed by atoms with E-state index in [4.69, 9.17) is 5.73 Å². The highest BCUT2D eigenvalue weighted by Crippen LogP contribution is 2.56. The van der Waals surface area contributed by atoms with Crippen molar-refractivity contribution < 1.29 is 13.2 Å². The number of rotatable bonds is 5. The lowest BCUT2D eigenvalue weighted by Crippen LogP contribution is -2.28. The minimum atomic E-state index is -2.57. The summed E-state index contributed by atoms with van der Waals surface area (Å²) < 4.78 is 44.0. The number of fused-ring (bicyclic) bond motifs is 2. The molecule has 2 aliphatic rings. The number of nitrogen functional groups attached to an aromatic ring is 1. The van der Waals surface area contributed by atoms with Crippen molar-refractivity contribution >= 4 is 28.4 Å². The topological polar surface area (TPSA) is 98.9 Å². The Labute approximate surface area is 193 Å². The summed E-state index contributed by atoms with van der Waals surface area (Å²) in [6, 6.07) is 3.50. The fourth-order valence-electron chi connectivity index (χ4n) is 5.23. The fraction of sp³-hybridized carbons (Fsp3) is 0.478. The molecule has 3 N–H and O–H groups in total. The van der Waals surface area contributed by atoms with Crippen LogP contribution in [0.5, 0.6) is 0 Å². The van der Waals surface area contributed by atoms with Crippen LogP contribution in [0.25, 0.3) is 27.9 Å². The predicted molar refractivity (Wildman–Crippen MR) is 122 cm³/mol. The lowest BCUT2D eigenvalue weighted by Gasteiger charge is -2.29. The van der Waals surface area contributed by atoms with Crippen LogP contribution in [-0.2, 0) is 6.54 Å². The van der Waals surface area contributed by atoms with Crippen molar-refractivity contribution in [3.63, 3.8) is 0 Å². The zero-order chi connectivity index (χ0) is 23.6. The second kappa shape index (κ2) is 7.57. The summed E-state index contributed by atoms with van der Waals surface area (Å²) in [4.78, 5) is 13.1. The normalized spacial score (nSPS) is 17.9. The molecule has 0 aromatic carbocycles. The molecule has 0 atom stereocenters.